The van der Waals surface area contributed by atoms with E-state index >= 15 is 0 Å². The van der Waals surface area contributed by atoms with Crippen LogP contribution in [0.3, 0.4) is 0 Å². The van der Waals surface area contributed by atoms with Crippen LogP contribution < -0.4 is 5.32 Å². The summed E-state index contributed by atoms with van der Waals surface area (Å²) in [4.78, 5) is 18.2. The van der Waals surface area contributed by atoms with Crippen molar-refractivity contribution < 1.29 is 4.79 Å². The van der Waals surface area contributed by atoms with Crippen molar-refractivity contribution in [1.82, 2.24) is 25.4 Å². The molecule has 0 aliphatic carbocycles. The van der Waals surface area contributed by atoms with Crippen LogP contribution in [0.1, 0.15) is 56.5 Å². The van der Waals surface area contributed by atoms with Crippen LogP contribution in [0.15, 0.2) is 0 Å². The zero-order chi connectivity index (χ0) is 14.4. The van der Waals surface area contributed by atoms with Crippen LogP contribution in [0.2, 0.25) is 0 Å². The second-order valence-electron chi connectivity index (χ2n) is 5.38. The molecule has 1 heterocycles. The van der Waals surface area contributed by atoms with Gasteiger partial charge in [0.05, 0.1) is 0 Å². The van der Waals surface area contributed by atoms with Gasteiger partial charge in [-0.15, -0.1) is 5.10 Å². The molecule has 6 nitrogen and oxygen atoms in total. The number of nitrogens with zero attached hydrogens (tertiary/aromatic N) is 3. The van der Waals surface area contributed by atoms with Crippen LogP contribution >= 0.6 is 0 Å². The van der Waals surface area contributed by atoms with Gasteiger partial charge < -0.3 is 10.2 Å². The zero-order valence-electron chi connectivity index (χ0n) is 12.5. The van der Waals surface area contributed by atoms with E-state index in [0.717, 1.165) is 18.8 Å². The molecule has 0 saturated heterocycles. The number of aromatic nitrogens is 3. The minimum Gasteiger partial charge on any atom is -0.349 e. The Labute approximate surface area is 115 Å². The van der Waals surface area contributed by atoms with Gasteiger partial charge in [-0.3, -0.25) is 9.89 Å². The van der Waals surface area contributed by atoms with Crippen molar-refractivity contribution in [2.75, 3.05) is 20.1 Å². The lowest BCUT2D eigenvalue weighted by atomic mass is 10.2. The Kier molecular flexibility index (Phi) is 5.95. The van der Waals surface area contributed by atoms with Crippen molar-refractivity contribution in [3.63, 3.8) is 0 Å². The molecule has 1 amide bonds. The smallest absolute Gasteiger partial charge is 0.290 e. The summed E-state index contributed by atoms with van der Waals surface area (Å²) in [5.74, 6) is 0.995. The number of hydrogen-bond donors (Lipinski definition) is 2. The van der Waals surface area contributed by atoms with Gasteiger partial charge in [0.2, 0.25) is 5.82 Å². The molecule has 1 aromatic heterocycles. The van der Waals surface area contributed by atoms with Gasteiger partial charge in [-0.1, -0.05) is 13.8 Å². The maximum absolute atomic E-state index is 11.8. The SMILES string of the molecule is CC(C)c1nc(C(=O)NCCCN(C)C(C)C)n[nH]1. The van der Waals surface area contributed by atoms with Crippen LogP contribution in [0, 0.1) is 0 Å². The average Bonchev–Trinajstić information content (AvgIpc) is 2.83. The molecule has 0 aliphatic rings. The summed E-state index contributed by atoms with van der Waals surface area (Å²) in [6.07, 6.45) is 0.919. The van der Waals surface area contributed by atoms with E-state index in [0.29, 0.717) is 12.6 Å². The number of nitrogens with one attached hydrogen (secondary N) is 2. The summed E-state index contributed by atoms with van der Waals surface area (Å²) >= 11 is 0. The Balaban J connectivity index is 2.31. The Morgan fingerprint density at radius 2 is 2.05 bits per heavy atom. The Hall–Kier alpha value is -1.43. The number of rotatable bonds is 7. The summed E-state index contributed by atoms with van der Waals surface area (Å²) in [5, 5.41) is 9.54. The van der Waals surface area contributed by atoms with Crippen molar-refractivity contribution in [2.45, 2.75) is 46.1 Å². The first kappa shape index (κ1) is 15.6. The fraction of sp³-hybridized carbons (Fsp3) is 0.769. The van der Waals surface area contributed by atoms with Crippen molar-refractivity contribution in [3.8, 4) is 0 Å². The maximum Gasteiger partial charge on any atom is 0.290 e. The molecule has 1 aromatic rings. The highest BCUT2D eigenvalue weighted by Crippen LogP contribution is 2.07. The van der Waals surface area contributed by atoms with Crippen LogP contribution in [-0.4, -0.2) is 52.2 Å². The lowest BCUT2D eigenvalue weighted by molar-refractivity contribution is 0.0941. The van der Waals surface area contributed by atoms with Crippen molar-refractivity contribution in [2.24, 2.45) is 0 Å². The minimum absolute atomic E-state index is 0.213. The Bertz CT molecular complexity index is 399. The predicted molar refractivity (Wildman–Crippen MR) is 75.2 cm³/mol. The molecule has 108 valence electrons. The molecule has 0 spiro atoms. The number of carbonyl (C=O) groups excluding carboxylic acids is 1. The summed E-state index contributed by atoms with van der Waals surface area (Å²) in [6, 6.07) is 0.525. The summed E-state index contributed by atoms with van der Waals surface area (Å²) in [5.41, 5.74) is 0. The van der Waals surface area contributed by atoms with E-state index in [-0.39, 0.29) is 17.6 Å². The third-order valence-corrected chi connectivity index (χ3v) is 3.11. The van der Waals surface area contributed by atoms with Gasteiger partial charge in [0.1, 0.15) is 5.82 Å². The molecule has 0 fully saturated rings. The lowest BCUT2D eigenvalue weighted by Gasteiger charge is -2.20. The molecule has 0 bridgehead atoms. The topological polar surface area (TPSA) is 73.9 Å². The summed E-state index contributed by atoms with van der Waals surface area (Å²) in [7, 11) is 2.08. The molecule has 6 heteroatoms. The molecule has 19 heavy (non-hydrogen) atoms. The first-order valence-electron chi connectivity index (χ1n) is 6.82. The molecule has 0 aliphatic heterocycles. The second-order valence-corrected chi connectivity index (χ2v) is 5.38. The van der Waals surface area contributed by atoms with Gasteiger partial charge >= 0.3 is 0 Å². The van der Waals surface area contributed by atoms with E-state index in [4.69, 9.17) is 0 Å². The fourth-order valence-electron chi connectivity index (χ4n) is 1.50. The Morgan fingerprint density at radius 1 is 1.37 bits per heavy atom. The van der Waals surface area contributed by atoms with E-state index in [2.05, 4.69) is 46.3 Å². The van der Waals surface area contributed by atoms with Crippen LogP contribution in [-0.2, 0) is 0 Å². The van der Waals surface area contributed by atoms with E-state index in [1.165, 1.54) is 0 Å². The highest BCUT2D eigenvalue weighted by Gasteiger charge is 2.13. The molecule has 0 radical (unpaired) electrons. The lowest BCUT2D eigenvalue weighted by Crippen LogP contribution is -2.31. The molecule has 0 saturated carbocycles. The Morgan fingerprint density at radius 3 is 2.58 bits per heavy atom. The van der Waals surface area contributed by atoms with Crippen molar-refractivity contribution in [3.05, 3.63) is 11.6 Å². The number of amides is 1. The van der Waals surface area contributed by atoms with Gasteiger partial charge in [0.25, 0.3) is 5.91 Å². The quantitative estimate of drug-likeness (QED) is 0.732. The predicted octanol–water partition coefficient (Wildman–Crippen LogP) is 1.39. The van der Waals surface area contributed by atoms with E-state index < -0.39 is 0 Å². The van der Waals surface area contributed by atoms with Gasteiger partial charge in [-0.25, -0.2) is 4.98 Å². The second kappa shape index (κ2) is 7.23. The monoisotopic (exact) mass is 267 g/mol. The normalized spacial score (nSPS) is 11.6. The largest absolute Gasteiger partial charge is 0.349 e. The molecule has 0 unspecified atom stereocenters. The van der Waals surface area contributed by atoms with Gasteiger partial charge in [0, 0.05) is 18.5 Å². The summed E-state index contributed by atoms with van der Waals surface area (Å²) < 4.78 is 0. The maximum atomic E-state index is 11.8. The molecular formula is C13H25N5O. The number of hydrogen-bond acceptors (Lipinski definition) is 4. The average molecular weight is 267 g/mol. The van der Waals surface area contributed by atoms with Crippen molar-refractivity contribution in [1.29, 1.82) is 0 Å². The summed E-state index contributed by atoms with van der Waals surface area (Å²) in [6.45, 7) is 9.91. The van der Waals surface area contributed by atoms with Crippen LogP contribution in [0.4, 0.5) is 0 Å². The number of H-pyrrole nitrogens is 1. The first-order valence-corrected chi connectivity index (χ1v) is 6.82. The van der Waals surface area contributed by atoms with Crippen LogP contribution in [0.5, 0.6) is 0 Å². The molecule has 0 aromatic carbocycles. The number of carbonyl (C=O) groups is 1. The van der Waals surface area contributed by atoms with Crippen LogP contribution in [0.25, 0.3) is 0 Å². The molecule has 0 atom stereocenters. The minimum atomic E-state index is -0.213. The standard InChI is InChI=1S/C13H25N5O/c1-9(2)11-15-12(17-16-11)13(19)14-7-6-8-18(5)10(3)4/h9-10H,6-8H2,1-5H3,(H,14,19)(H,15,16,17). The van der Waals surface area contributed by atoms with E-state index in [1.54, 1.807) is 0 Å². The van der Waals surface area contributed by atoms with Crippen molar-refractivity contribution >= 4 is 5.91 Å². The van der Waals surface area contributed by atoms with Gasteiger partial charge in [-0.05, 0) is 33.9 Å². The zero-order valence-corrected chi connectivity index (χ0v) is 12.5. The molecular weight excluding hydrogens is 242 g/mol. The van der Waals surface area contributed by atoms with Gasteiger partial charge in [-0.2, -0.15) is 0 Å². The number of aromatic amines is 1. The fourth-order valence-corrected chi connectivity index (χ4v) is 1.50. The van der Waals surface area contributed by atoms with E-state index in [9.17, 15) is 4.79 Å². The molecule has 2 N–H and O–H groups in total. The molecule has 1 rings (SSSR count). The highest BCUT2D eigenvalue weighted by molar-refractivity contribution is 5.90. The highest BCUT2D eigenvalue weighted by atomic mass is 16.2. The van der Waals surface area contributed by atoms with E-state index in [1.807, 2.05) is 13.8 Å². The third-order valence-electron chi connectivity index (χ3n) is 3.11. The third kappa shape index (κ3) is 4.98. The van der Waals surface area contributed by atoms with Gasteiger partial charge in [0.15, 0.2) is 0 Å². The first-order chi connectivity index (χ1) is 8.91.